The van der Waals surface area contributed by atoms with Crippen LogP contribution in [0.1, 0.15) is 20.3 Å². The summed E-state index contributed by atoms with van der Waals surface area (Å²) in [6.07, 6.45) is 0.982. The van der Waals surface area contributed by atoms with E-state index in [0.29, 0.717) is 15.0 Å². The standard InChI is InChI=1S/C19H22N4O4Se/c1-19(2)11-15(12-28-16-6-4-3-5-7-16)21(13-19)20-17-9-8-14(22(24)25)10-18(17)23(26)27/h3-10,15,20H,11-13H2,1-2H3. The van der Waals surface area contributed by atoms with E-state index >= 15 is 0 Å². The normalized spacial score (nSPS) is 18.7. The summed E-state index contributed by atoms with van der Waals surface area (Å²) in [4.78, 5) is 21.2. The molecule has 2 aromatic rings. The minimum atomic E-state index is -0.624. The molecule has 3 rings (SSSR count). The van der Waals surface area contributed by atoms with Gasteiger partial charge >= 0.3 is 169 Å². The molecule has 1 unspecified atom stereocenters. The van der Waals surface area contributed by atoms with Crippen LogP contribution in [0.3, 0.4) is 0 Å². The molecule has 1 saturated heterocycles. The van der Waals surface area contributed by atoms with E-state index in [1.165, 1.54) is 16.6 Å². The van der Waals surface area contributed by atoms with Gasteiger partial charge in [-0.05, 0) is 0 Å². The van der Waals surface area contributed by atoms with Gasteiger partial charge in [0.15, 0.2) is 0 Å². The summed E-state index contributed by atoms with van der Waals surface area (Å²) in [6.45, 7) is 5.11. The van der Waals surface area contributed by atoms with E-state index < -0.39 is 9.85 Å². The van der Waals surface area contributed by atoms with Gasteiger partial charge < -0.3 is 0 Å². The molecule has 0 spiro atoms. The molecule has 8 nitrogen and oxygen atoms in total. The van der Waals surface area contributed by atoms with Gasteiger partial charge in [-0.1, -0.05) is 0 Å². The Kier molecular flexibility index (Phi) is 5.98. The Hall–Kier alpha value is -2.48. The van der Waals surface area contributed by atoms with E-state index in [0.717, 1.165) is 24.4 Å². The first-order valence-electron chi connectivity index (χ1n) is 8.89. The molecule has 0 amide bonds. The second-order valence-electron chi connectivity index (χ2n) is 7.60. The Labute approximate surface area is 169 Å². The van der Waals surface area contributed by atoms with Crippen molar-refractivity contribution in [3.63, 3.8) is 0 Å². The van der Waals surface area contributed by atoms with Crippen LogP contribution in [0.4, 0.5) is 17.1 Å². The first-order chi connectivity index (χ1) is 13.2. The van der Waals surface area contributed by atoms with Gasteiger partial charge in [0.2, 0.25) is 0 Å². The molecule has 0 aromatic heterocycles. The number of rotatable bonds is 7. The topological polar surface area (TPSA) is 102 Å². The Morgan fingerprint density at radius 2 is 1.86 bits per heavy atom. The maximum atomic E-state index is 11.4. The van der Waals surface area contributed by atoms with Crippen LogP contribution in [-0.4, -0.2) is 42.4 Å². The van der Waals surface area contributed by atoms with Gasteiger partial charge in [0, 0.05) is 0 Å². The first-order valence-corrected chi connectivity index (χ1v) is 11.0. The third-order valence-corrected chi connectivity index (χ3v) is 7.09. The monoisotopic (exact) mass is 450 g/mol. The van der Waals surface area contributed by atoms with Crippen LogP contribution in [0.15, 0.2) is 48.5 Å². The number of nitrogens with one attached hydrogen (secondary N) is 1. The zero-order chi connectivity index (χ0) is 20.3. The summed E-state index contributed by atoms with van der Waals surface area (Å²) >= 11 is 0.299. The number of anilines is 1. The number of benzene rings is 2. The van der Waals surface area contributed by atoms with E-state index in [4.69, 9.17) is 0 Å². The van der Waals surface area contributed by atoms with Crippen molar-refractivity contribution in [1.82, 2.24) is 5.01 Å². The number of non-ortho nitro benzene ring substituents is 1. The Bertz CT molecular complexity index is 875. The summed E-state index contributed by atoms with van der Waals surface area (Å²) in [5.41, 5.74) is 2.97. The molecule has 1 aliphatic rings. The van der Waals surface area contributed by atoms with Crippen molar-refractivity contribution in [1.29, 1.82) is 0 Å². The molecule has 28 heavy (non-hydrogen) atoms. The fraction of sp³-hybridized carbons (Fsp3) is 0.368. The van der Waals surface area contributed by atoms with E-state index in [-0.39, 0.29) is 28.5 Å². The SMILES string of the molecule is CC1(C)CC(C[Se]c2ccccc2)N(Nc2ccc([N+](=O)[O-])cc2[N+](=O)[O-])C1. The molecule has 1 N–H and O–H groups in total. The zero-order valence-corrected chi connectivity index (χ0v) is 17.4. The molecule has 0 aliphatic carbocycles. The first kappa shape index (κ1) is 20.3. The number of nitro benzene ring substituents is 2. The summed E-state index contributed by atoms with van der Waals surface area (Å²) in [5, 5.41) is 25.4. The molecule has 1 aliphatic heterocycles. The third-order valence-electron chi connectivity index (χ3n) is 4.67. The van der Waals surface area contributed by atoms with Crippen molar-refractivity contribution in [2.75, 3.05) is 12.0 Å². The van der Waals surface area contributed by atoms with Gasteiger partial charge in [-0.2, -0.15) is 0 Å². The van der Waals surface area contributed by atoms with Gasteiger partial charge in [-0.15, -0.1) is 0 Å². The van der Waals surface area contributed by atoms with Gasteiger partial charge in [-0.25, -0.2) is 0 Å². The molecule has 9 heteroatoms. The summed E-state index contributed by atoms with van der Waals surface area (Å²) in [6, 6.07) is 14.3. The van der Waals surface area contributed by atoms with Gasteiger partial charge in [-0.3, -0.25) is 0 Å². The van der Waals surface area contributed by atoms with Crippen molar-refractivity contribution in [2.45, 2.75) is 31.6 Å². The number of hydrazine groups is 1. The molecule has 0 radical (unpaired) electrons. The van der Waals surface area contributed by atoms with Crippen LogP contribution in [0.5, 0.6) is 0 Å². The van der Waals surface area contributed by atoms with Crippen molar-refractivity contribution in [3.05, 3.63) is 68.8 Å². The Morgan fingerprint density at radius 3 is 2.50 bits per heavy atom. The van der Waals surface area contributed by atoms with Gasteiger partial charge in [0.25, 0.3) is 0 Å². The molecular formula is C19H22N4O4Se. The quantitative estimate of drug-likeness (QED) is 0.395. The maximum absolute atomic E-state index is 11.4. The number of nitro groups is 2. The average Bonchev–Trinajstić information content (AvgIpc) is 2.94. The number of hydrogen-bond donors (Lipinski definition) is 1. The molecule has 0 saturated carbocycles. The van der Waals surface area contributed by atoms with E-state index in [1.807, 2.05) is 18.2 Å². The summed E-state index contributed by atoms with van der Waals surface area (Å²) in [7, 11) is 0. The van der Waals surface area contributed by atoms with E-state index in [2.05, 4.69) is 36.4 Å². The molecule has 0 bridgehead atoms. The van der Waals surface area contributed by atoms with Gasteiger partial charge in [0.05, 0.1) is 0 Å². The van der Waals surface area contributed by atoms with E-state index in [9.17, 15) is 20.2 Å². The van der Waals surface area contributed by atoms with Gasteiger partial charge in [0.1, 0.15) is 0 Å². The van der Waals surface area contributed by atoms with Crippen molar-refractivity contribution < 1.29 is 9.85 Å². The molecule has 2 aromatic carbocycles. The minimum absolute atomic E-state index is 0.0833. The summed E-state index contributed by atoms with van der Waals surface area (Å²) in [5.74, 6) is 0. The predicted octanol–water partition coefficient (Wildman–Crippen LogP) is 3.38. The summed E-state index contributed by atoms with van der Waals surface area (Å²) < 4.78 is 1.32. The van der Waals surface area contributed by atoms with Crippen LogP contribution < -0.4 is 9.89 Å². The average molecular weight is 449 g/mol. The van der Waals surface area contributed by atoms with Crippen LogP contribution in [0.2, 0.25) is 5.32 Å². The zero-order valence-electron chi connectivity index (χ0n) is 15.7. The van der Waals surface area contributed by atoms with Crippen molar-refractivity contribution >= 4 is 36.5 Å². The van der Waals surface area contributed by atoms with Crippen molar-refractivity contribution in [3.8, 4) is 0 Å². The van der Waals surface area contributed by atoms with Crippen LogP contribution in [0.25, 0.3) is 0 Å². The predicted molar refractivity (Wildman–Crippen MR) is 109 cm³/mol. The molecule has 1 atom stereocenters. The number of hydrogen-bond acceptors (Lipinski definition) is 6. The second kappa shape index (κ2) is 8.26. The third kappa shape index (κ3) is 4.86. The molecule has 1 heterocycles. The van der Waals surface area contributed by atoms with Crippen LogP contribution in [0, 0.1) is 25.6 Å². The Balaban J connectivity index is 1.78. The molecular weight excluding hydrogens is 427 g/mol. The molecule has 1 fully saturated rings. The number of nitrogens with zero attached hydrogens (tertiary/aromatic N) is 3. The second-order valence-corrected chi connectivity index (χ2v) is 9.90. The van der Waals surface area contributed by atoms with Crippen molar-refractivity contribution in [2.24, 2.45) is 5.41 Å². The Morgan fingerprint density at radius 1 is 1.14 bits per heavy atom. The van der Waals surface area contributed by atoms with E-state index in [1.54, 1.807) is 0 Å². The van der Waals surface area contributed by atoms with Crippen LogP contribution >= 0.6 is 0 Å². The fourth-order valence-corrected chi connectivity index (χ4v) is 5.59. The van der Waals surface area contributed by atoms with Crippen LogP contribution in [-0.2, 0) is 0 Å². The molecule has 148 valence electrons. The fourth-order valence-electron chi connectivity index (χ4n) is 3.43.